The summed E-state index contributed by atoms with van der Waals surface area (Å²) >= 11 is 1.39. The highest BCUT2D eigenvalue weighted by Gasteiger charge is 2.27. The summed E-state index contributed by atoms with van der Waals surface area (Å²) in [6.07, 6.45) is 4.69. The standard InChI is InChI=1S/C22H19N3O5S/c26-18(13-24-12-15(25(29)30)10-11-19(24)27)23-22-20(16-8-4-5-9-17(16)31-22)21(28)14-6-2-1-3-7-14/h1-3,6-7,10-12H,4-5,8-9,13H2,(H,23,26). The van der Waals surface area contributed by atoms with Crippen molar-refractivity contribution in [3.05, 3.63) is 90.7 Å². The van der Waals surface area contributed by atoms with Crippen molar-refractivity contribution in [2.24, 2.45) is 0 Å². The molecule has 0 fully saturated rings. The Bertz CT molecular complexity index is 1230. The Balaban J connectivity index is 1.64. The molecule has 4 rings (SSSR count). The predicted molar refractivity (Wildman–Crippen MR) is 117 cm³/mol. The van der Waals surface area contributed by atoms with Crippen molar-refractivity contribution < 1.29 is 14.5 Å². The van der Waals surface area contributed by atoms with Crippen LogP contribution in [-0.2, 0) is 24.2 Å². The van der Waals surface area contributed by atoms with E-state index in [0.717, 1.165) is 59.0 Å². The first-order chi connectivity index (χ1) is 14.9. The maximum atomic E-state index is 13.2. The molecular weight excluding hydrogens is 418 g/mol. The molecule has 2 aromatic heterocycles. The second kappa shape index (κ2) is 8.65. The van der Waals surface area contributed by atoms with Gasteiger partial charge in [-0.25, -0.2) is 0 Å². The summed E-state index contributed by atoms with van der Waals surface area (Å²) in [7, 11) is 0. The third-order valence-electron chi connectivity index (χ3n) is 5.18. The quantitative estimate of drug-likeness (QED) is 0.360. The van der Waals surface area contributed by atoms with Gasteiger partial charge < -0.3 is 5.32 Å². The minimum absolute atomic E-state index is 0.150. The summed E-state index contributed by atoms with van der Waals surface area (Å²) in [5, 5.41) is 14.2. The third-order valence-corrected chi connectivity index (χ3v) is 6.39. The van der Waals surface area contributed by atoms with Crippen LogP contribution in [0.4, 0.5) is 10.7 Å². The normalized spacial score (nSPS) is 12.8. The zero-order valence-corrected chi connectivity index (χ0v) is 17.3. The largest absolute Gasteiger partial charge is 0.316 e. The number of nitrogens with one attached hydrogen (secondary N) is 1. The Morgan fingerprint density at radius 3 is 2.58 bits per heavy atom. The predicted octanol–water partition coefficient (Wildman–Crippen LogP) is 3.57. The Hall–Kier alpha value is -3.59. The van der Waals surface area contributed by atoms with Crippen molar-refractivity contribution in [2.75, 3.05) is 5.32 Å². The van der Waals surface area contributed by atoms with Gasteiger partial charge in [0, 0.05) is 22.6 Å². The highest BCUT2D eigenvalue weighted by Crippen LogP contribution is 2.39. The lowest BCUT2D eigenvalue weighted by Gasteiger charge is -2.13. The van der Waals surface area contributed by atoms with E-state index in [0.29, 0.717) is 16.1 Å². The van der Waals surface area contributed by atoms with Gasteiger partial charge in [0.2, 0.25) is 5.91 Å². The van der Waals surface area contributed by atoms with Crippen LogP contribution in [0.5, 0.6) is 0 Å². The van der Waals surface area contributed by atoms with Gasteiger partial charge in [-0.3, -0.25) is 29.1 Å². The summed E-state index contributed by atoms with van der Waals surface area (Å²) in [5.74, 6) is -0.675. The lowest BCUT2D eigenvalue weighted by molar-refractivity contribution is -0.385. The third kappa shape index (κ3) is 4.31. The van der Waals surface area contributed by atoms with E-state index in [9.17, 15) is 24.5 Å². The maximum Gasteiger partial charge on any atom is 0.285 e. The number of anilines is 1. The molecule has 1 N–H and O–H groups in total. The molecule has 2 heterocycles. The molecule has 0 bridgehead atoms. The lowest BCUT2D eigenvalue weighted by Crippen LogP contribution is -2.27. The van der Waals surface area contributed by atoms with Crippen LogP contribution in [0.15, 0.2) is 53.5 Å². The number of carbonyl (C=O) groups excluding carboxylic acids is 2. The molecule has 31 heavy (non-hydrogen) atoms. The Morgan fingerprint density at radius 2 is 1.84 bits per heavy atom. The van der Waals surface area contributed by atoms with Gasteiger partial charge >= 0.3 is 0 Å². The van der Waals surface area contributed by atoms with Crippen LogP contribution in [0.1, 0.15) is 39.2 Å². The van der Waals surface area contributed by atoms with Crippen LogP contribution >= 0.6 is 11.3 Å². The van der Waals surface area contributed by atoms with Gasteiger partial charge in [0.05, 0.1) is 16.7 Å². The molecule has 1 amide bonds. The molecule has 1 aliphatic carbocycles. The molecule has 3 aromatic rings. The number of carbonyl (C=O) groups is 2. The average molecular weight is 437 g/mol. The molecule has 8 nitrogen and oxygen atoms in total. The molecule has 0 saturated heterocycles. The van der Waals surface area contributed by atoms with Crippen LogP contribution in [0.3, 0.4) is 0 Å². The van der Waals surface area contributed by atoms with E-state index in [-0.39, 0.29) is 18.0 Å². The molecule has 0 atom stereocenters. The van der Waals surface area contributed by atoms with Crippen molar-refractivity contribution in [3.63, 3.8) is 0 Å². The van der Waals surface area contributed by atoms with Gasteiger partial charge in [-0.2, -0.15) is 0 Å². The number of amides is 1. The minimum Gasteiger partial charge on any atom is -0.316 e. The van der Waals surface area contributed by atoms with Crippen molar-refractivity contribution in [3.8, 4) is 0 Å². The van der Waals surface area contributed by atoms with Gasteiger partial charge in [-0.1, -0.05) is 30.3 Å². The fourth-order valence-electron chi connectivity index (χ4n) is 3.70. The molecule has 9 heteroatoms. The van der Waals surface area contributed by atoms with Crippen LogP contribution < -0.4 is 10.9 Å². The number of thiophene rings is 1. The fraction of sp³-hybridized carbons (Fsp3) is 0.227. The summed E-state index contributed by atoms with van der Waals surface area (Å²) < 4.78 is 0.986. The van der Waals surface area contributed by atoms with Gasteiger partial charge in [-0.05, 0) is 31.2 Å². The topological polar surface area (TPSA) is 111 Å². The van der Waals surface area contributed by atoms with Crippen LogP contribution in [0.25, 0.3) is 0 Å². The van der Waals surface area contributed by atoms with Gasteiger partial charge in [-0.15, -0.1) is 11.3 Å². The summed E-state index contributed by atoms with van der Waals surface area (Å²) in [5.41, 5.74) is 1.23. The zero-order valence-electron chi connectivity index (χ0n) is 16.5. The molecule has 0 spiro atoms. The molecule has 1 aromatic carbocycles. The van der Waals surface area contributed by atoms with E-state index < -0.39 is 16.4 Å². The number of ketones is 1. The fourth-order valence-corrected chi connectivity index (χ4v) is 5.00. The SMILES string of the molecule is O=C(Cn1cc([N+](=O)[O-])ccc1=O)Nc1sc2c(c1C(=O)c1ccccc1)CCCC2. The Labute approximate surface area is 181 Å². The number of nitrogens with zero attached hydrogens (tertiary/aromatic N) is 2. The van der Waals surface area contributed by atoms with Crippen molar-refractivity contribution in [1.29, 1.82) is 0 Å². The van der Waals surface area contributed by atoms with Crippen LogP contribution in [0.2, 0.25) is 0 Å². The summed E-state index contributed by atoms with van der Waals surface area (Å²) in [4.78, 5) is 49.4. The summed E-state index contributed by atoms with van der Waals surface area (Å²) in [6, 6.07) is 11.0. The van der Waals surface area contributed by atoms with Crippen LogP contribution in [-0.4, -0.2) is 21.2 Å². The summed E-state index contributed by atoms with van der Waals surface area (Å²) in [6.45, 7) is -0.387. The van der Waals surface area contributed by atoms with Gasteiger partial charge in [0.15, 0.2) is 5.78 Å². The van der Waals surface area contributed by atoms with E-state index >= 15 is 0 Å². The van der Waals surface area contributed by atoms with Gasteiger partial charge in [0.1, 0.15) is 11.5 Å². The number of pyridine rings is 1. The van der Waals surface area contributed by atoms with E-state index in [1.807, 2.05) is 6.07 Å². The number of benzene rings is 1. The molecule has 1 aliphatic rings. The number of nitro groups is 1. The van der Waals surface area contributed by atoms with Crippen molar-refractivity contribution >= 4 is 33.7 Å². The van der Waals surface area contributed by atoms with Crippen molar-refractivity contribution in [1.82, 2.24) is 4.57 Å². The molecular formula is C22H19N3O5S. The molecule has 158 valence electrons. The van der Waals surface area contributed by atoms with E-state index in [1.54, 1.807) is 24.3 Å². The lowest BCUT2D eigenvalue weighted by atomic mass is 9.92. The number of aryl methyl sites for hydroxylation is 1. The number of rotatable bonds is 6. The number of hydrogen-bond acceptors (Lipinski definition) is 6. The highest BCUT2D eigenvalue weighted by molar-refractivity contribution is 7.17. The van der Waals surface area contributed by atoms with E-state index in [2.05, 4.69) is 5.32 Å². The first-order valence-corrected chi connectivity index (χ1v) is 10.6. The first-order valence-electron chi connectivity index (χ1n) is 9.83. The first kappa shape index (κ1) is 20.7. The second-order valence-corrected chi connectivity index (χ2v) is 8.37. The van der Waals surface area contributed by atoms with Crippen molar-refractivity contribution in [2.45, 2.75) is 32.2 Å². The molecule has 0 radical (unpaired) electrons. The number of hydrogen-bond donors (Lipinski definition) is 1. The average Bonchev–Trinajstić information content (AvgIpc) is 3.12. The van der Waals surface area contributed by atoms with E-state index in [1.165, 1.54) is 11.3 Å². The molecule has 0 saturated carbocycles. The maximum absolute atomic E-state index is 13.2. The van der Waals surface area contributed by atoms with Gasteiger partial charge in [0.25, 0.3) is 11.2 Å². The van der Waals surface area contributed by atoms with E-state index in [4.69, 9.17) is 0 Å². The Morgan fingerprint density at radius 1 is 1.10 bits per heavy atom. The highest BCUT2D eigenvalue weighted by atomic mass is 32.1. The second-order valence-electron chi connectivity index (χ2n) is 7.27. The minimum atomic E-state index is -0.627. The van der Waals surface area contributed by atoms with Crippen LogP contribution in [0, 0.1) is 10.1 Å². The Kier molecular flexibility index (Phi) is 5.77. The smallest absolute Gasteiger partial charge is 0.285 e. The molecule has 0 aliphatic heterocycles. The number of aromatic nitrogens is 1. The molecule has 0 unspecified atom stereocenters. The number of fused-ring (bicyclic) bond motifs is 1. The zero-order chi connectivity index (χ0) is 22.0. The monoisotopic (exact) mass is 437 g/mol.